The van der Waals surface area contributed by atoms with E-state index in [1.165, 1.54) is 36.8 Å². The summed E-state index contributed by atoms with van der Waals surface area (Å²) in [5.41, 5.74) is 2.31. The summed E-state index contributed by atoms with van der Waals surface area (Å²) in [6.45, 7) is 2.09. The molecule has 0 spiro atoms. The van der Waals surface area contributed by atoms with Crippen LogP contribution in [0.1, 0.15) is 6.92 Å². The number of hydrogen-bond acceptors (Lipinski definition) is 6. The third kappa shape index (κ3) is 3.16. The van der Waals surface area contributed by atoms with Crippen LogP contribution in [0.3, 0.4) is 0 Å². The standard InChI is InChI=1S/C10H18N4O3S/c1-8(7-17-3)14(2)18(15,16)9-4-5-12-10(6-9)13-11/h4-6,8H,7,11H2,1-3H3,(H,12,13). The second-order valence-electron chi connectivity index (χ2n) is 3.85. The molecule has 0 bridgehead atoms. The highest BCUT2D eigenvalue weighted by molar-refractivity contribution is 7.89. The van der Waals surface area contributed by atoms with Crippen LogP contribution in [-0.4, -0.2) is 44.5 Å². The van der Waals surface area contributed by atoms with Gasteiger partial charge in [-0.2, -0.15) is 4.31 Å². The van der Waals surface area contributed by atoms with Crippen LogP contribution in [0, 0.1) is 0 Å². The van der Waals surface area contributed by atoms with Crippen LogP contribution < -0.4 is 11.3 Å². The first-order valence-corrected chi connectivity index (χ1v) is 6.77. The molecule has 8 heteroatoms. The van der Waals surface area contributed by atoms with Gasteiger partial charge >= 0.3 is 0 Å². The van der Waals surface area contributed by atoms with Gasteiger partial charge in [0.05, 0.1) is 11.5 Å². The van der Waals surface area contributed by atoms with E-state index >= 15 is 0 Å². The van der Waals surface area contributed by atoms with E-state index in [1.807, 2.05) is 0 Å². The minimum Gasteiger partial charge on any atom is -0.383 e. The number of methoxy groups -OCH3 is 1. The van der Waals surface area contributed by atoms with Crippen LogP contribution in [0.15, 0.2) is 23.2 Å². The van der Waals surface area contributed by atoms with Crippen molar-refractivity contribution in [1.29, 1.82) is 0 Å². The van der Waals surface area contributed by atoms with Crippen molar-refractivity contribution in [2.75, 3.05) is 26.2 Å². The third-order valence-electron chi connectivity index (χ3n) is 2.58. The average Bonchev–Trinajstić information content (AvgIpc) is 2.38. The molecule has 0 saturated heterocycles. The van der Waals surface area contributed by atoms with Gasteiger partial charge in [0.1, 0.15) is 5.82 Å². The van der Waals surface area contributed by atoms with E-state index in [0.717, 1.165) is 0 Å². The van der Waals surface area contributed by atoms with Gasteiger partial charge in [-0.1, -0.05) is 0 Å². The molecule has 0 aliphatic carbocycles. The molecular formula is C10H18N4O3S. The molecule has 7 nitrogen and oxygen atoms in total. The fourth-order valence-electron chi connectivity index (χ4n) is 1.40. The smallest absolute Gasteiger partial charge is 0.243 e. The SMILES string of the molecule is COCC(C)N(C)S(=O)(=O)c1ccnc(NN)c1. The van der Waals surface area contributed by atoms with E-state index in [1.54, 1.807) is 6.92 Å². The molecule has 1 atom stereocenters. The molecule has 3 N–H and O–H groups in total. The molecule has 1 aromatic rings. The number of hydrogen-bond donors (Lipinski definition) is 2. The molecule has 1 unspecified atom stereocenters. The van der Waals surface area contributed by atoms with Gasteiger partial charge in [0, 0.05) is 32.5 Å². The molecule has 0 amide bonds. The predicted molar refractivity (Wildman–Crippen MR) is 68.3 cm³/mol. The summed E-state index contributed by atoms with van der Waals surface area (Å²) < 4.78 is 30.8. The maximum atomic E-state index is 12.3. The molecule has 0 saturated carbocycles. The van der Waals surface area contributed by atoms with Crippen LogP contribution in [0.4, 0.5) is 5.82 Å². The zero-order valence-electron chi connectivity index (χ0n) is 10.6. The van der Waals surface area contributed by atoms with Crippen molar-refractivity contribution in [1.82, 2.24) is 9.29 Å². The van der Waals surface area contributed by atoms with Crippen molar-refractivity contribution in [3.05, 3.63) is 18.3 Å². The Morgan fingerprint density at radius 2 is 2.28 bits per heavy atom. The van der Waals surface area contributed by atoms with E-state index < -0.39 is 10.0 Å². The van der Waals surface area contributed by atoms with E-state index in [-0.39, 0.29) is 10.9 Å². The molecular weight excluding hydrogens is 256 g/mol. The highest BCUT2D eigenvalue weighted by Crippen LogP contribution is 2.18. The number of nitrogens with zero attached hydrogens (tertiary/aromatic N) is 2. The number of rotatable bonds is 6. The molecule has 1 heterocycles. The van der Waals surface area contributed by atoms with Gasteiger partial charge in [-0.15, -0.1) is 0 Å². The number of nitrogen functional groups attached to an aromatic ring is 1. The number of aromatic nitrogens is 1. The van der Waals surface area contributed by atoms with Crippen molar-refractivity contribution in [2.45, 2.75) is 17.9 Å². The van der Waals surface area contributed by atoms with Crippen LogP contribution in [0.25, 0.3) is 0 Å². The van der Waals surface area contributed by atoms with Crippen molar-refractivity contribution in [3.8, 4) is 0 Å². The lowest BCUT2D eigenvalue weighted by Crippen LogP contribution is -2.37. The van der Waals surface area contributed by atoms with Crippen molar-refractivity contribution in [3.63, 3.8) is 0 Å². The number of likely N-dealkylation sites (N-methyl/N-ethyl adjacent to an activating group) is 1. The molecule has 0 aliphatic rings. The fraction of sp³-hybridized carbons (Fsp3) is 0.500. The Kier molecular flexibility index (Phi) is 5.03. The second kappa shape index (κ2) is 6.10. The Morgan fingerprint density at radius 3 is 2.83 bits per heavy atom. The molecule has 102 valence electrons. The van der Waals surface area contributed by atoms with Gasteiger partial charge in [-0.25, -0.2) is 19.2 Å². The summed E-state index contributed by atoms with van der Waals surface area (Å²) in [6, 6.07) is 2.54. The van der Waals surface area contributed by atoms with Crippen LogP contribution in [-0.2, 0) is 14.8 Å². The average molecular weight is 274 g/mol. The molecule has 1 aromatic heterocycles. The first-order chi connectivity index (χ1) is 8.43. The fourth-order valence-corrected chi connectivity index (χ4v) is 2.76. The maximum Gasteiger partial charge on any atom is 0.243 e. The predicted octanol–water partition coefficient (Wildman–Crippen LogP) is 0.0226. The molecule has 0 radical (unpaired) electrons. The lowest BCUT2D eigenvalue weighted by Gasteiger charge is -2.23. The van der Waals surface area contributed by atoms with Gasteiger partial charge in [0.2, 0.25) is 10.0 Å². The molecule has 0 fully saturated rings. The summed E-state index contributed by atoms with van der Waals surface area (Å²) in [7, 11) is -0.539. The first kappa shape index (κ1) is 14.8. The maximum absolute atomic E-state index is 12.3. The lowest BCUT2D eigenvalue weighted by atomic mass is 10.4. The quantitative estimate of drug-likeness (QED) is 0.561. The Bertz CT molecular complexity index is 492. The number of anilines is 1. The summed E-state index contributed by atoms with van der Waals surface area (Å²) in [5, 5.41) is 0. The van der Waals surface area contributed by atoms with Crippen molar-refractivity contribution < 1.29 is 13.2 Å². The summed E-state index contributed by atoms with van der Waals surface area (Å²) in [6.07, 6.45) is 1.39. The van der Waals surface area contributed by atoms with Crippen LogP contribution >= 0.6 is 0 Å². The normalized spacial score (nSPS) is 13.6. The van der Waals surface area contributed by atoms with Gasteiger partial charge in [-0.05, 0) is 13.0 Å². The molecule has 0 aromatic carbocycles. The molecule has 0 aliphatic heterocycles. The number of hydrazine groups is 1. The zero-order valence-corrected chi connectivity index (χ0v) is 11.4. The first-order valence-electron chi connectivity index (χ1n) is 5.33. The van der Waals surface area contributed by atoms with E-state index in [4.69, 9.17) is 10.6 Å². The molecule has 1 rings (SSSR count). The molecule has 18 heavy (non-hydrogen) atoms. The van der Waals surface area contributed by atoms with Gasteiger partial charge in [0.15, 0.2) is 0 Å². The number of ether oxygens (including phenoxy) is 1. The number of nitrogens with two attached hydrogens (primary N) is 1. The van der Waals surface area contributed by atoms with E-state index in [2.05, 4.69) is 10.4 Å². The second-order valence-corrected chi connectivity index (χ2v) is 5.84. The Balaban J connectivity index is 3.05. The van der Waals surface area contributed by atoms with Crippen molar-refractivity contribution in [2.24, 2.45) is 5.84 Å². The van der Waals surface area contributed by atoms with E-state index in [9.17, 15) is 8.42 Å². The Hall–Kier alpha value is -1.22. The lowest BCUT2D eigenvalue weighted by molar-refractivity contribution is 0.149. The van der Waals surface area contributed by atoms with E-state index in [0.29, 0.717) is 12.4 Å². The van der Waals surface area contributed by atoms with Gasteiger partial charge in [0.25, 0.3) is 0 Å². The summed E-state index contributed by atoms with van der Waals surface area (Å²) in [4.78, 5) is 4.00. The van der Waals surface area contributed by atoms with Crippen LogP contribution in [0.5, 0.6) is 0 Å². The van der Waals surface area contributed by atoms with Gasteiger partial charge < -0.3 is 10.2 Å². The Morgan fingerprint density at radius 1 is 1.61 bits per heavy atom. The van der Waals surface area contributed by atoms with Crippen molar-refractivity contribution >= 4 is 15.8 Å². The highest BCUT2D eigenvalue weighted by atomic mass is 32.2. The number of pyridine rings is 1. The zero-order chi connectivity index (χ0) is 13.8. The minimum absolute atomic E-state index is 0.135. The number of sulfonamides is 1. The third-order valence-corrected chi connectivity index (χ3v) is 4.55. The highest BCUT2D eigenvalue weighted by Gasteiger charge is 2.25. The Labute approximate surface area is 107 Å². The summed E-state index contributed by atoms with van der Waals surface area (Å²) in [5.74, 6) is 5.50. The summed E-state index contributed by atoms with van der Waals surface area (Å²) >= 11 is 0. The minimum atomic E-state index is -3.58. The topological polar surface area (TPSA) is 97.5 Å². The largest absolute Gasteiger partial charge is 0.383 e. The van der Waals surface area contributed by atoms with Crippen LogP contribution in [0.2, 0.25) is 0 Å². The van der Waals surface area contributed by atoms with Gasteiger partial charge in [-0.3, -0.25) is 0 Å². The number of nitrogens with one attached hydrogen (secondary N) is 1. The monoisotopic (exact) mass is 274 g/mol.